The molecule has 0 spiro atoms. The first-order valence-corrected chi connectivity index (χ1v) is 4.90. The number of hydrogen-bond donors (Lipinski definition) is 0. The van der Waals surface area contributed by atoms with Crippen LogP contribution in [0.1, 0.15) is 33.1 Å². The van der Waals surface area contributed by atoms with Gasteiger partial charge in [0.25, 0.3) is 0 Å². The number of ether oxygens (including phenoxy) is 1. The second kappa shape index (κ2) is 4.56. The SMILES string of the molecule is C=C(C)CCC(=O)C1CCOC1C. The molecule has 1 heterocycles. The van der Waals surface area contributed by atoms with Gasteiger partial charge in [0.2, 0.25) is 0 Å². The van der Waals surface area contributed by atoms with Crippen LogP contribution < -0.4 is 0 Å². The van der Waals surface area contributed by atoms with Gasteiger partial charge in [-0.3, -0.25) is 4.79 Å². The maximum absolute atomic E-state index is 11.6. The highest BCUT2D eigenvalue weighted by Gasteiger charge is 2.29. The lowest BCUT2D eigenvalue weighted by Gasteiger charge is -2.12. The number of carbonyl (C=O) groups is 1. The van der Waals surface area contributed by atoms with Crippen molar-refractivity contribution in [3.05, 3.63) is 12.2 Å². The fourth-order valence-electron chi connectivity index (χ4n) is 1.68. The van der Waals surface area contributed by atoms with Gasteiger partial charge in [-0.25, -0.2) is 0 Å². The topological polar surface area (TPSA) is 26.3 Å². The lowest BCUT2D eigenvalue weighted by Crippen LogP contribution is -2.21. The molecule has 1 saturated heterocycles. The maximum atomic E-state index is 11.6. The maximum Gasteiger partial charge on any atom is 0.138 e. The highest BCUT2D eigenvalue weighted by molar-refractivity contribution is 5.81. The first kappa shape index (κ1) is 10.5. The summed E-state index contributed by atoms with van der Waals surface area (Å²) >= 11 is 0. The summed E-state index contributed by atoms with van der Waals surface area (Å²) in [5.41, 5.74) is 1.08. The molecule has 1 fully saturated rings. The fourth-order valence-corrected chi connectivity index (χ4v) is 1.68. The van der Waals surface area contributed by atoms with E-state index < -0.39 is 0 Å². The van der Waals surface area contributed by atoms with E-state index in [1.54, 1.807) is 0 Å². The van der Waals surface area contributed by atoms with Crippen molar-refractivity contribution >= 4 is 5.78 Å². The summed E-state index contributed by atoms with van der Waals surface area (Å²) in [6, 6.07) is 0. The third-order valence-electron chi connectivity index (χ3n) is 2.59. The average Bonchev–Trinajstić information content (AvgIpc) is 2.47. The highest BCUT2D eigenvalue weighted by atomic mass is 16.5. The lowest BCUT2D eigenvalue weighted by atomic mass is 9.93. The molecule has 0 saturated carbocycles. The Bertz CT molecular complexity index is 208. The molecule has 2 nitrogen and oxygen atoms in total. The third-order valence-corrected chi connectivity index (χ3v) is 2.59. The Morgan fingerprint density at radius 1 is 1.54 bits per heavy atom. The Kier molecular flexibility index (Phi) is 3.67. The van der Waals surface area contributed by atoms with E-state index in [9.17, 15) is 4.79 Å². The summed E-state index contributed by atoms with van der Waals surface area (Å²) in [7, 11) is 0. The van der Waals surface area contributed by atoms with E-state index in [1.165, 1.54) is 0 Å². The van der Waals surface area contributed by atoms with E-state index in [4.69, 9.17) is 4.74 Å². The van der Waals surface area contributed by atoms with Crippen molar-refractivity contribution < 1.29 is 9.53 Å². The average molecular weight is 182 g/mol. The minimum absolute atomic E-state index is 0.123. The zero-order valence-electron chi connectivity index (χ0n) is 8.51. The zero-order chi connectivity index (χ0) is 9.84. The van der Waals surface area contributed by atoms with E-state index in [-0.39, 0.29) is 12.0 Å². The first-order valence-electron chi connectivity index (χ1n) is 4.90. The van der Waals surface area contributed by atoms with Gasteiger partial charge in [-0.15, -0.1) is 6.58 Å². The van der Waals surface area contributed by atoms with Crippen molar-refractivity contribution in [1.29, 1.82) is 0 Å². The standard InChI is InChI=1S/C11H18O2/c1-8(2)4-5-11(12)10-6-7-13-9(10)3/h9-10H,1,4-7H2,2-3H3. The van der Waals surface area contributed by atoms with E-state index >= 15 is 0 Å². The number of hydrogen-bond acceptors (Lipinski definition) is 2. The molecule has 13 heavy (non-hydrogen) atoms. The summed E-state index contributed by atoms with van der Waals surface area (Å²) in [4.78, 5) is 11.6. The molecule has 0 bridgehead atoms. The van der Waals surface area contributed by atoms with E-state index in [0.717, 1.165) is 25.0 Å². The predicted molar refractivity (Wildman–Crippen MR) is 52.6 cm³/mol. The number of carbonyl (C=O) groups excluding carboxylic acids is 1. The van der Waals surface area contributed by atoms with Gasteiger partial charge in [0.1, 0.15) is 5.78 Å². The number of ketones is 1. The van der Waals surface area contributed by atoms with Crippen LogP contribution in [0.15, 0.2) is 12.2 Å². The van der Waals surface area contributed by atoms with Crippen LogP contribution in [0.2, 0.25) is 0 Å². The summed E-state index contributed by atoms with van der Waals surface area (Å²) in [6.07, 6.45) is 2.48. The molecular weight excluding hydrogens is 164 g/mol. The summed E-state index contributed by atoms with van der Waals surface area (Å²) in [5, 5.41) is 0. The Morgan fingerprint density at radius 3 is 2.69 bits per heavy atom. The molecule has 0 amide bonds. The molecule has 2 atom stereocenters. The van der Waals surface area contributed by atoms with Crippen LogP contribution >= 0.6 is 0 Å². The second-order valence-electron chi connectivity index (χ2n) is 3.89. The van der Waals surface area contributed by atoms with Gasteiger partial charge >= 0.3 is 0 Å². The van der Waals surface area contributed by atoms with Gasteiger partial charge in [0, 0.05) is 18.9 Å². The molecule has 0 aromatic heterocycles. The van der Waals surface area contributed by atoms with Crippen LogP contribution in [0, 0.1) is 5.92 Å². The molecular formula is C11H18O2. The van der Waals surface area contributed by atoms with Crippen molar-refractivity contribution in [2.75, 3.05) is 6.61 Å². The fraction of sp³-hybridized carbons (Fsp3) is 0.727. The van der Waals surface area contributed by atoms with Gasteiger partial charge in [0.05, 0.1) is 6.10 Å². The second-order valence-corrected chi connectivity index (χ2v) is 3.89. The molecule has 74 valence electrons. The van der Waals surface area contributed by atoms with Crippen LogP contribution in [-0.2, 0) is 9.53 Å². The number of Topliss-reactive ketones (excluding diaryl/α,β-unsaturated/α-hetero) is 1. The van der Waals surface area contributed by atoms with E-state index in [1.807, 2.05) is 13.8 Å². The molecule has 0 N–H and O–H groups in total. The largest absolute Gasteiger partial charge is 0.378 e. The third kappa shape index (κ3) is 2.96. The summed E-state index contributed by atoms with van der Waals surface area (Å²) in [6.45, 7) is 8.47. The Morgan fingerprint density at radius 2 is 2.23 bits per heavy atom. The minimum Gasteiger partial charge on any atom is -0.378 e. The monoisotopic (exact) mass is 182 g/mol. The van der Waals surface area contributed by atoms with Gasteiger partial charge in [-0.1, -0.05) is 5.57 Å². The lowest BCUT2D eigenvalue weighted by molar-refractivity contribution is -0.124. The molecule has 0 aliphatic carbocycles. The van der Waals surface area contributed by atoms with Crippen molar-refractivity contribution in [2.45, 2.75) is 39.2 Å². The molecule has 2 heteroatoms. The molecule has 2 unspecified atom stereocenters. The smallest absolute Gasteiger partial charge is 0.138 e. The normalized spacial score (nSPS) is 27.5. The van der Waals surface area contributed by atoms with Gasteiger partial charge < -0.3 is 4.74 Å². The molecule has 1 aliphatic rings. The van der Waals surface area contributed by atoms with Gasteiger partial charge in [-0.2, -0.15) is 0 Å². The van der Waals surface area contributed by atoms with E-state index in [0.29, 0.717) is 12.2 Å². The Balaban J connectivity index is 2.34. The number of allylic oxidation sites excluding steroid dienone is 1. The van der Waals surface area contributed by atoms with Crippen LogP contribution in [0.3, 0.4) is 0 Å². The van der Waals surface area contributed by atoms with Crippen LogP contribution in [-0.4, -0.2) is 18.5 Å². The predicted octanol–water partition coefficient (Wildman–Crippen LogP) is 2.34. The Labute approximate surface area is 80.0 Å². The molecule has 1 rings (SSSR count). The van der Waals surface area contributed by atoms with E-state index in [2.05, 4.69) is 6.58 Å². The Hall–Kier alpha value is -0.630. The van der Waals surface area contributed by atoms with Crippen molar-refractivity contribution in [3.63, 3.8) is 0 Å². The quantitative estimate of drug-likeness (QED) is 0.624. The number of rotatable bonds is 4. The van der Waals surface area contributed by atoms with Crippen molar-refractivity contribution in [3.8, 4) is 0 Å². The van der Waals surface area contributed by atoms with Crippen LogP contribution in [0.4, 0.5) is 0 Å². The molecule has 0 radical (unpaired) electrons. The summed E-state index contributed by atoms with van der Waals surface area (Å²) in [5.74, 6) is 0.479. The summed E-state index contributed by atoms with van der Waals surface area (Å²) < 4.78 is 5.35. The van der Waals surface area contributed by atoms with Crippen LogP contribution in [0.5, 0.6) is 0 Å². The first-order chi connectivity index (χ1) is 6.11. The van der Waals surface area contributed by atoms with Crippen molar-refractivity contribution in [1.82, 2.24) is 0 Å². The minimum atomic E-state index is 0.123. The van der Waals surface area contributed by atoms with Crippen molar-refractivity contribution in [2.24, 2.45) is 5.92 Å². The van der Waals surface area contributed by atoms with Gasteiger partial charge in [-0.05, 0) is 26.7 Å². The highest BCUT2D eigenvalue weighted by Crippen LogP contribution is 2.23. The van der Waals surface area contributed by atoms with Gasteiger partial charge in [0.15, 0.2) is 0 Å². The molecule has 1 aliphatic heterocycles. The zero-order valence-corrected chi connectivity index (χ0v) is 8.51. The molecule has 0 aromatic carbocycles. The molecule has 0 aromatic rings. The van der Waals surface area contributed by atoms with Crippen LogP contribution in [0.25, 0.3) is 0 Å².